The molecule has 2 aromatic carbocycles. The first-order chi connectivity index (χ1) is 16.6. The number of carbonyl (C=O) groups excluding carboxylic acids is 1. The maximum absolute atomic E-state index is 12.6. The second-order valence-electron chi connectivity index (χ2n) is 8.34. The number of benzene rings is 2. The van der Waals surface area contributed by atoms with E-state index in [-0.39, 0.29) is 5.91 Å². The molecule has 1 aliphatic heterocycles. The SMILES string of the molecule is C=CCN1CCN(Cc2cnc(-c3ccc(C(=O)Nc4ccccc4N)cc3)c(C#N)c2)CC1. The second kappa shape index (κ2) is 10.8. The molecule has 1 aliphatic rings. The summed E-state index contributed by atoms with van der Waals surface area (Å²) in [5.41, 5.74) is 10.4. The Balaban J connectivity index is 1.44. The molecule has 0 aliphatic carbocycles. The number of carbonyl (C=O) groups is 1. The normalized spacial score (nSPS) is 14.3. The molecular formula is C27H28N6O. The molecule has 0 spiro atoms. The maximum atomic E-state index is 12.6. The summed E-state index contributed by atoms with van der Waals surface area (Å²) in [6, 6.07) is 18.4. The van der Waals surface area contributed by atoms with Gasteiger partial charge in [0.1, 0.15) is 6.07 Å². The van der Waals surface area contributed by atoms with Crippen LogP contribution in [0, 0.1) is 11.3 Å². The Morgan fingerprint density at radius 2 is 1.82 bits per heavy atom. The Labute approximate surface area is 200 Å². The predicted octanol–water partition coefficient (Wildman–Crippen LogP) is 3.76. The number of para-hydroxylation sites is 2. The summed E-state index contributed by atoms with van der Waals surface area (Å²) >= 11 is 0. The van der Waals surface area contributed by atoms with Crippen LogP contribution in [0.5, 0.6) is 0 Å². The summed E-state index contributed by atoms with van der Waals surface area (Å²) in [5, 5.41) is 12.6. The van der Waals surface area contributed by atoms with Crippen LogP contribution in [-0.2, 0) is 6.54 Å². The molecule has 172 valence electrons. The first-order valence-corrected chi connectivity index (χ1v) is 11.3. The Kier molecular flexibility index (Phi) is 7.33. The number of rotatable bonds is 7. The smallest absolute Gasteiger partial charge is 0.255 e. The van der Waals surface area contributed by atoms with Crippen LogP contribution in [0.25, 0.3) is 11.3 Å². The first kappa shape index (κ1) is 23.2. The van der Waals surface area contributed by atoms with Gasteiger partial charge in [0.2, 0.25) is 0 Å². The fourth-order valence-electron chi connectivity index (χ4n) is 4.07. The maximum Gasteiger partial charge on any atom is 0.255 e. The highest BCUT2D eigenvalue weighted by Gasteiger charge is 2.17. The van der Waals surface area contributed by atoms with Gasteiger partial charge in [-0.05, 0) is 35.9 Å². The van der Waals surface area contributed by atoms with Crippen LogP contribution >= 0.6 is 0 Å². The molecule has 4 rings (SSSR count). The van der Waals surface area contributed by atoms with Crippen LogP contribution in [0.2, 0.25) is 0 Å². The van der Waals surface area contributed by atoms with Gasteiger partial charge in [0.25, 0.3) is 5.91 Å². The summed E-state index contributed by atoms with van der Waals surface area (Å²) in [6.45, 7) is 9.49. The lowest BCUT2D eigenvalue weighted by molar-refractivity contribution is 0.102. The predicted molar refractivity (Wildman–Crippen MR) is 135 cm³/mol. The third-order valence-corrected chi connectivity index (χ3v) is 5.95. The molecule has 1 amide bonds. The summed E-state index contributed by atoms with van der Waals surface area (Å²) in [5.74, 6) is -0.249. The molecule has 0 bridgehead atoms. The number of nitrogens with two attached hydrogens (primary N) is 1. The van der Waals surface area contributed by atoms with Gasteiger partial charge >= 0.3 is 0 Å². The van der Waals surface area contributed by atoms with E-state index < -0.39 is 0 Å². The van der Waals surface area contributed by atoms with E-state index in [1.54, 1.807) is 24.3 Å². The van der Waals surface area contributed by atoms with Gasteiger partial charge in [-0.1, -0.05) is 30.3 Å². The summed E-state index contributed by atoms with van der Waals surface area (Å²) in [6.07, 6.45) is 3.78. The number of aromatic nitrogens is 1. The molecule has 1 aromatic heterocycles. The number of pyridine rings is 1. The molecule has 1 fully saturated rings. The highest BCUT2D eigenvalue weighted by atomic mass is 16.1. The Hall–Kier alpha value is -3.99. The molecule has 7 heteroatoms. The lowest BCUT2D eigenvalue weighted by Crippen LogP contribution is -2.45. The van der Waals surface area contributed by atoms with Gasteiger partial charge in [0.05, 0.1) is 22.6 Å². The van der Waals surface area contributed by atoms with Crippen molar-refractivity contribution >= 4 is 17.3 Å². The average molecular weight is 453 g/mol. The van der Waals surface area contributed by atoms with Crippen LogP contribution in [0.15, 0.2) is 73.4 Å². The Morgan fingerprint density at radius 1 is 1.12 bits per heavy atom. The minimum absolute atomic E-state index is 0.249. The van der Waals surface area contributed by atoms with Gasteiger partial charge in [-0.25, -0.2) is 0 Å². The molecule has 0 atom stereocenters. The van der Waals surface area contributed by atoms with E-state index in [4.69, 9.17) is 5.73 Å². The van der Waals surface area contributed by atoms with Gasteiger partial charge in [0, 0.05) is 56.6 Å². The van der Waals surface area contributed by atoms with Gasteiger partial charge in [0.15, 0.2) is 0 Å². The van der Waals surface area contributed by atoms with Crippen molar-refractivity contribution in [2.75, 3.05) is 43.8 Å². The van der Waals surface area contributed by atoms with Crippen molar-refractivity contribution in [1.29, 1.82) is 5.26 Å². The van der Waals surface area contributed by atoms with Gasteiger partial charge in [-0.15, -0.1) is 6.58 Å². The number of nitrogen functional groups attached to an aromatic ring is 1. The van der Waals surface area contributed by atoms with Crippen molar-refractivity contribution in [2.45, 2.75) is 6.54 Å². The third-order valence-electron chi connectivity index (χ3n) is 5.95. The molecule has 34 heavy (non-hydrogen) atoms. The molecule has 0 saturated carbocycles. The van der Waals surface area contributed by atoms with Crippen molar-refractivity contribution in [3.63, 3.8) is 0 Å². The minimum atomic E-state index is -0.249. The standard InChI is InChI=1S/C27H28N6O/c1-2-11-32-12-14-33(15-13-32)19-20-16-23(17-28)26(30-18-20)21-7-9-22(10-8-21)27(34)31-25-6-4-3-5-24(25)29/h2-10,16,18H,1,11-15,19,29H2,(H,31,34). The van der Waals surface area contributed by atoms with Gasteiger partial charge < -0.3 is 11.1 Å². The molecule has 0 unspecified atom stereocenters. The molecule has 3 aromatic rings. The van der Waals surface area contributed by atoms with E-state index in [1.807, 2.05) is 42.6 Å². The summed E-state index contributed by atoms with van der Waals surface area (Å²) < 4.78 is 0. The van der Waals surface area contributed by atoms with Gasteiger partial charge in [-0.3, -0.25) is 19.6 Å². The van der Waals surface area contributed by atoms with E-state index in [1.165, 1.54) is 0 Å². The van der Waals surface area contributed by atoms with Crippen molar-refractivity contribution in [1.82, 2.24) is 14.8 Å². The third kappa shape index (κ3) is 5.49. The number of piperazine rings is 1. The van der Waals surface area contributed by atoms with E-state index >= 15 is 0 Å². The van der Waals surface area contributed by atoms with Crippen molar-refractivity contribution < 1.29 is 4.79 Å². The number of nitrogens with zero attached hydrogens (tertiary/aromatic N) is 4. The Bertz CT molecular complexity index is 1210. The fraction of sp³-hybridized carbons (Fsp3) is 0.222. The van der Waals surface area contributed by atoms with Crippen molar-refractivity contribution in [2.24, 2.45) is 0 Å². The lowest BCUT2D eigenvalue weighted by atomic mass is 10.0. The largest absolute Gasteiger partial charge is 0.397 e. The minimum Gasteiger partial charge on any atom is -0.397 e. The van der Waals surface area contributed by atoms with Crippen molar-refractivity contribution in [3.05, 3.63) is 90.1 Å². The highest BCUT2D eigenvalue weighted by molar-refractivity contribution is 6.05. The molecule has 3 N–H and O–H groups in total. The molecule has 2 heterocycles. The van der Waals surface area contributed by atoms with Crippen LogP contribution in [-0.4, -0.2) is 53.4 Å². The summed E-state index contributed by atoms with van der Waals surface area (Å²) in [7, 11) is 0. The number of amides is 1. The molecule has 0 radical (unpaired) electrons. The Morgan fingerprint density at radius 3 is 2.50 bits per heavy atom. The lowest BCUT2D eigenvalue weighted by Gasteiger charge is -2.34. The average Bonchev–Trinajstić information content (AvgIpc) is 2.87. The van der Waals surface area contributed by atoms with E-state index in [2.05, 4.69) is 32.7 Å². The van der Waals surface area contributed by atoms with Crippen molar-refractivity contribution in [3.8, 4) is 17.3 Å². The van der Waals surface area contributed by atoms with E-state index in [9.17, 15) is 10.1 Å². The number of nitriles is 1. The van der Waals surface area contributed by atoms with Crippen LogP contribution in [0.4, 0.5) is 11.4 Å². The zero-order chi connectivity index (χ0) is 23.9. The quantitative estimate of drug-likeness (QED) is 0.418. The number of hydrogen-bond acceptors (Lipinski definition) is 6. The van der Waals surface area contributed by atoms with Crippen LogP contribution in [0.1, 0.15) is 21.5 Å². The van der Waals surface area contributed by atoms with E-state index in [0.717, 1.165) is 50.4 Å². The number of hydrogen-bond donors (Lipinski definition) is 2. The number of nitrogens with one attached hydrogen (secondary N) is 1. The van der Waals surface area contributed by atoms with Crippen LogP contribution in [0.3, 0.4) is 0 Å². The zero-order valence-electron chi connectivity index (χ0n) is 19.1. The molecular weight excluding hydrogens is 424 g/mol. The highest BCUT2D eigenvalue weighted by Crippen LogP contribution is 2.24. The monoisotopic (exact) mass is 452 g/mol. The molecule has 7 nitrogen and oxygen atoms in total. The fourth-order valence-corrected chi connectivity index (χ4v) is 4.07. The topological polar surface area (TPSA) is 98.3 Å². The zero-order valence-corrected chi connectivity index (χ0v) is 19.1. The second-order valence-corrected chi connectivity index (χ2v) is 8.34. The molecule has 1 saturated heterocycles. The van der Waals surface area contributed by atoms with Crippen LogP contribution < -0.4 is 11.1 Å². The van der Waals surface area contributed by atoms with E-state index in [0.29, 0.717) is 28.2 Å². The summed E-state index contributed by atoms with van der Waals surface area (Å²) in [4.78, 5) is 21.9. The first-order valence-electron chi connectivity index (χ1n) is 11.3. The number of anilines is 2. The van der Waals surface area contributed by atoms with Gasteiger partial charge in [-0.2, -0.15) is 5.26 Å².